The molecule has 2 aromatic rings. The quantitative estimate of drug-likeness (QED) is 0.210. The lowest BCUT2D eigenvalue weighted by Gasteiger charge is -2.41. The zero-order chi connectivity index (χ0) is 35.5. The molecule has 2 N–H and O–H groups in total. The van der Waals surface area contributed by atoms with E-state index in [1.807, 2.05) is 76.2 Å². The molecular formula is C39H49N3O7. The number of para-hydroxylation sites is 1. The van der Waals surface area contributed by atoms with Gasteiger partial charge in [0, 0.05) is 18.7 Å². The van der Waals surface area contributed by atoms with Crippen molar-refractivity contribution in [3.63, 3.8) is 0 Å². The summed E-state index contributed by atoms with van der Waals surface area (Å²) < 4.78 is 12.8. The van der Waals surface area contributed by atoms with Gasteiger partial charge in [0.1, 0.15) is 17.7 Å². The average Bonchev–Trinajstić information content (AvgIpc) is 3.73. The van der Waals surface area contributed by atoms with Gasteiger partial charge in [0.25, 0.3) is 5.91 Å². The molecule has 0 aliphatic carbocycles. The number of ether oxygens (including phenoxy) is 2. The smallest absolute Gasteiger partial charge is 0.313 e. The molecule has 7 atom stereocenters. The first-order valence-corrected chi connectivity index (χ1v) is 17.2. The number of hydrogen-bond acceptors (Lipinski definition) is 7. The molecule has 0 saturated carbocycles. The second-order valence-electron chi connectivity index (χ2n) is 13.7. The van der Waals surface area contributed by atoms with Crippen LogP contribution in [0.3, 0.4) is 0 Å². The number of nitrogens with one attached hydrogen (secondary N) is 1. The first-order valence-electron chi connectivity index (χ1n) is 17.2. The van der Waals surface area contributed by atoms with E-state index < -0.39 is 53.6 Å². The second-order valence-corrected chi connectivity index (χ2v) is 13.7. The molecule has 3 saturated heterocycles. The fraction of sp³-hybridized carbons (Fsp3) is 0.487. The molecule has 10 heteroatoms. The van der Waals surface area contributed by atoms with Gasteiger partial charge < -0.3 is 29.7 Å². The predicted molar refractivity (Wildman–Crippen MR) is 186 cm³/mol. The molecule has 3 amide bonds. The summed E-state index contributed by atoms with van der Waals surface area (Å²) in [5, 5.41) is 13.5. The maximum Gasteiger partial charge on any atom is 0.313 e. The minimum atomic E-state index is -1.29. The fourth-order valence-electron chi connectivity index (χ4n) is 8.06. The van der Waals surface area contributed by atoms with Crippen LogP contribution in [0.5, 0.6) is 0 Å². The number of aliphatic hydroxyl groups excluding tert-OH is 1. The number of carbonyl (C=O) groups excluding carboxylic acids is 4. The molecule has 2 aromatic carbocycles. The lowest BCUT2D eigenvalue weighted by Crippen LogP contribution is -2.60. The van der Waals surface area contributed by atoms with Crippen molar-refractivity contribution in [3.8, 4) is 0 Å². The zero-order valence-corrected chi connectivity index (χ0v) is 29.0. The summed E-state index contributed by atoms with van der Waals surface area (Å²) in [5.41, 5.74) is 1.92. The van der Waals surface area contributed by atoms with E-state index in [0.717, 1.165) is 16.8 Å². The summed E-state index contributed by atoms with van der Waals surface area (Å²) in [6.07, 6.45) is 3.52. The number of benzene rings is 2. The van der Waals surface area contributed by atoms with Crippen LogP contribution in [0.25, 0.3) is 0 Å². The molecule has 49 heavy (non-hydrogen) atoms. The van der Waals surface area contributed by atoms with Crippen LogP contribution in [0.4, 0.5) is 5.69 Å². The Balaban J connectivity index is 1.52. The van der Waals surface area contributed by atoms with Crippen molar-refractivity contribution in [1.82, 2.24) is 10.2 Å². The van der Waals surface area contributed by atoms with Crippen molar-refractivity contribution in [2.24, 2.45) is 17.8 Å². The molecule has 0 unspecified atom stereocenters. The minimum Gasteiger partial charge on any atom is -0.455 e. The van der Waals surface area contributed by atoms with Gasteiger partial charge >= 0.3 is 5.97 Å². The maximum atomic E-state index is 15.0. The first-order chi connectivity index (χ1) is 23.5. The molecule has 0 radical (unpaired) electrons. The van der Waals surface area contributed by atoms with E-state index in [2.05, 4.69) is 18.5 Å². The number of rotatable bonds is 15. The van der Waals surface area contributed by atoms with E-state index in [1.165, 1.54) is 4.90 Å². The minimum absolute atomic E-state index is 0.0488. The van der Waals surface area contributed by atoms with Gasteiger partial charge in [-0.1, -0.05) is 74.5 Å². The third-order valence-corrected chi connectivity index (χ3v) is 10.3. The highest BCUT2D eigenvalue weighted by Crippen LogP contribution is 2.59. The van der Waals surface area contributed by atoms with E-state index in [0.29, 0.717) is 24.8 Å². The molecule has 0 aromatic heterocycles. The maximum absolute atomic E-state index is 15.0. The number of likely N-dealkylation sites (tertiary alicyclic amines) is 1. The Morgan fingerprint density at radius 1 is 1.10 bits per heavy atom. The second kappa shape index (κ2) is 15.1. The van der Waals surface area contributed by atoms with E-state index >= 15 is 0 Å². The van der Waals surface area contributed by atoms with Gasteiger partial charge in [-0.3, -0.25) is 19.2 Å². The number of carbonyl (C=O) groups is 4. The summed E-state index contributed by atoms with van der Waals surface area (Å²) >= 11 is 0. The van der Waals surface area contributed by atoms with Crippen molar-refractivity contribution >= 4 is 29.4 Å². The topological polar surface area (TPSA) is 125 Å². The molecule has 10 nitrogen and oxygen atoms in total. The molecular weight excluding hydrogens is 622 g/mol. The van der Waals surface area contributed by atoms with Crippen molar-refractivity contribution in [1.29, 1.82) is 0 Å². The fourth-order valence-corrected chi connectivity index (χ4v) is 8.06. The van der Waals surface area contributed by atoms with Crippen LogP contribution in [0, 0.1) is 31.6 Å². The average molecular weight is 672 g/mol. The SMILES string of the molecule is C=CCCC(=O)NC[C@@H](OC(=O)[C@@H]1[C@H]2C(=O)N([C@@H](CO)C(C)C)[C@H](C(=O)N(CC=C)c3c(C)cccc3C)[C@]23CC[C@H]1O3)c1ccccc1. The van der Waals surface area contributed by atoms with E-state index in [9.17, 15) is 24.3 Å². The summed E-state index contributed by atoms with van der Waals surface area (Å²) in [6.45, 7) is 15.1. The highest BCUT2D eigenvalue weighted by atomic mass is 16.6. The Hall–Kier alpha value is -4.28. The standard InChI is InChI=1S/C39H49N3O7/c1-7-9-18-31(44)40-22-30(27-16-11-10-12-17-27)48-38(47)32-29-19-20-39(49-29)33(32)36(45)42(28(23-43)24(3)4)35(39)37(46)41(21-8-2)34-25(5)14-13-15-26(34)6/h7-8,10-17,24,28-30,32-33,35,43H,1-2,9,18-23H2,3-6H3,(H,40,44)/t28-,29+,30+,32-,33-,35+,39-/m0/s1. The lowest BCUT2D eigenvalue weighted by molar-refractivity contribution is -0.161. The van der Waals surface area contributed by atoms with Gasteiger partial charge in [0.05, 0.1) is 37.1 Å². The summed E-state index contributed by atoms with van der Waals surface area (Å²) in [7, 11) is 0. The zero-order valence-electron chi connectivity index (χ0n) is 29.0. The van der Waals surface area contributed by atoms with Crippen LogP contribution in [0.1, 0.15) is 62.3 Å². The number of esters is 1. The van der Waals surface area contributed by atoms with E-state index in [1.54, 1.807) is 17.1 Å². The Kier molecular flexibility index (Phi) is 11.1. The number of anilines is 1. The first kappa shape index (κ1) is 36.0. The molecule has 3 heterocycles. The van der Waals surface area contributed by atoms with Crippen LogP contribution in [-0.2, 0) is 28.7 Å². The Labute approximate surface area is 289 Å². The number of fused-ring (bicyclic) bond motifs is 1. The summed E-state index contributed by atoms with van der Waals surface area (Å²) in [4.78, 5) is 59.6. The van der Waals surface area contributed by atoms with Crippen molar-refractivity contribution < 1.29 is 33.8 Å². The van der Waals surface area contributed by atoms with Crippen LogP contribution in [0.2, 0.25) is 0 Å². The Morgan fingerprint density at radius 2 is 1.80 bits per heavy atom. The van der Waals surface area contributed by atoms with Crippen molar-refractivity contribution in [2.45, 2.75) is 83.3 Å². The van der Waals surface area contributed by atoms with Gasteiger partial charge in [0.2, 0.25) is 11.8 Å². The predicted octanol–water partition coefficient (Wildman–Crippen LogP) is 4.58. The number of nitrogens with zero attached hydrogens (tertiary/aromatic N) is 2. The number of aryl methyl sites for hydroxylation is 2. The monoisotopic (exact) mass is 671 g/mol. The molecule has 3 aliphatic rings. The van der Waals surface area contributed by atoms with Gasteiger partial charge in [-0.15, -0.1) is 13.2 Å². The Morgan fingerprint density at radius 3 is 2.41 bits per heavy atom. The number of allylic oxidation sites excluding steroid dienone is 1. The molecule has 3 aliphatic heterocycles. The lowest BCUT2D eigenvalue weighted by atomic mass is 9.70. The molecule has 3 fully saturated rings. The third-order valence-electron chi connectivity index (χ3n) is 10.3. The van der Waals surface area contributed by atoms with Gasteiger partial charge in [0.15, 0.2) is 0 Å². The van der Waals surface area contributed by atoms with Crippen LogP contribution >= 0.6 is 0 Å². The largest absolute Gasteiger partial charge is 0.455 e. The third kappa shape index (κ3) is 6.68. The van der Waals surface area contributed by atoms with Gasteiger partial charge in [-0.25, -0.2) is 0 Å². The molecule has 5 rings (SSSR count). The highest BCUT2D eigenvalue weighted by molar-refractivity contribution is 6.05. The van der Waals surface area contributed by atoms with Crippen molar-refractivity contribution in [2.75, 3.05) is 24.6 Å². The van der Waals surface area contributed by atoms with Crippen LogP contribution in [-0.4, -0.2) is 77.2 Å². The van der Waals surface area contributed by atoms with E-state index in [4.69, 9.17) is 9.47 Å². The number of aliphatic hydroxyl groups is 1. The van der Waals surface area contributed by atoms with Gasteiger partial charge in [-0.2, -0.15) is 0 Å². The van der Waals surface area contributed by atoms with Crippen LogP contribution < -0.4 is 10.2 Å². The van der Waals surface area contributed by atoms with Gasteiger partial charge in [-0.05, 0) is 55.7 Å². The highest BCUT2D eigenvalue weighted by Gasteiger charge is 2.76. The molecule has 1 spiro atoms. The summed E-state index contributed by atoms with van der Waals surface area (Å²) in [6, 6.07) is 13.2. The summed E-state index contributed by atoms with van der Waals surface area (Å²) in [5.74, 6) is -3.70. The molecule has 262 valence electrons. The molecule has 2 bridgehead atoms. The normalized spacial score (nSPS) is 25.1. The number of amides is 3. The van der Waals surface area contributed by atoms with E-state index in [-0.39, 0.29) is 43.8 Å². The van der Waals surface area contributed by atoms with Crippen LogP contribution in [0.15, 0.2) is 73.8 Å². The number of hydrogen-bond donors (Lipinski definition) is 2. The van der Waals surface area contributed by atoms with Crippen molar-refractivity contribution in [3.05, 3.63) is 90.5 Å². The Bertz CT molecular complexity index is 1560.